The standard InChI is InChI=1S/C24H28N2O2.C2HF3O2/c1-28-23-7-2-4-18(16-23)8-11-24(27)25-21-10-9-19-12-14-26(22-5-3-6-22)15-13-20(19)17-21;3-2(4,5)1(6)7/h2,4,7-11,16-17,22H,3,5-6,12-15H2,1H3,(H,25,27);(H,6,7). The smallest absolute Gasteiger partial charge is 0.490 e. The fourth-order valence-electron chi connectivity index (χ4n) is 4.04. The van der Waals surface area contributed by atoms with Crippen LogP contribution in [0, 0.1) is 0 Å². The molecule has 9 heteroatoms. The van der Waals surface area contributed by atoms with E-state index in [-0.39, 0.29) is 5.91 Å². The molecular weight excluding hydrogens is 461 g/mol. The van der Waals surface area contributed by atoms with Crippen LogP contribution in [-0.4, -0.2) is 54.3 Å². The highest BCUT2D eigenvalue weighted by atomic mass is 19.4. The van der Waals surface area contributed by atoms with Crippen LogP contribution in [0.5, 0.6) is 5.75 Å². The Kier molecular flexibility index (Phi) is 8.92. The van der Waals surface area contributed by atoms with E-state index in [4.69, 9.17) is 14.6 Å². The van der Waals surface area contributed by atoms with Crippen molar-refractivity contribution in [3.63, 3.8) is 0 Å². The summed E-state index contributed by atoms with van der Waals surface area (Å²) >= 11 is 0. The predicted molar refractivity (Wildman–Crippen MR) is 127 cm³/mol. The van der Waals surface area contributed by atoms with E-state index < -0.39 is 12.1 Å². The molecule has 1 aliphatic carbocycles. The lowest BCUT2D eigenvalue weighted by atomic mass is 9.91. The average Bonchev–Trinajstić information content (AvgIpc) is 2.99. The molecule has 0 saturated heterocycles. The zero-order valence-electron chi connectivity index (χ0n) is 19.5. The van der Waals surface area contributed by atoms with Gasteiger partial charge in [0.25, 0.3) is 0 Å². The van der Waals surface area contributed by atoms with Gasteiger partial charge in [-0.2, -0.15) is 13.2 Å². The van der Waals surface area contributed by atoms with Gasteiger partial charge in [0.2, 0.25) is 5.91 Å². The summed E-state index contributed by atoms with van der Waals surface area (Å²) < 4.78 is 37.0. The summed E-state index contributed by atoms with van der Waals surface area (Å²) in [6.45, 7) is 2.29. The molecule has 2 aromatic rings. The minimum atomic E-state index is -5.08. The zero-order valence-corrected chi connectivity index (χ0v) is 19.5. The van der Waals surface area contributed by atoms with Crippen LogP contribution >= 0.6 is 0 Å². The number of anilines is 1. The van der Waals surface area contributed by atoms with E-state index in [9.17, 15) is 18.0 Å². The van der Waals surface area contributed by atoms with Crippen molar-refractivity contribution >= 4 is 23.6 Å². The first-order valence-electron chi connectivity index (χ1n) is 11.4. The first-order chi connectivity index (χ1) is 16.7. The number of methoxy groups -OCH3 is 1. The summed E-state index contributed by atoms with van der Waals surface area (Å²) in [6.07, 6.45) is 4.56. The number of rotatable bonds is 5. The first kappa shape index (κ1) is 26.3. The molecule has 1 amide bonds. The Bertz CT molecular complexity index is 1060. The molecule has 1 aliphatic heterocycles. The summed E-state index contributed by atoms with van der Waals surface area (Å²) in [6, 6.07) is 14.8. The van der Waals surface area contributed by atoms with Gasteiger partial charge in [-0.25, -0.2) is 4.79 Å². The third kappa shape index (κ3) is 7.85. The zero-order chi connectivity index (χ0) is 25.4. The molecule has 1 fully saturated rings. The normalized spacial score (nSPS) is 16.3. The number of benzene rings is 2. The highest BCUT2D eigenvalue weighted by Crippen LogP contribution is 2.28. The minimum Gasteiger partial charge on any atom is -0.497 e. The van der Waals surface area contributed by atoms with Gasteiger partial charge in [0.1, 0.15) is 5.75 Å². The number of nitrogens with zero attached hydrogens (tertiary/aromatic N) is 1. The van der Waals surface area contributed by atoms with Gasteiger partial charge in [-0.1, -0.05) is 24.6 Å². The van der Waals surface area contributed by atoms with Gasteiger partial charge in [-0.3, -0.25) is 9.69 Å². The van der Waals surface area contributed by atoms with Crippen molar-refractivity contribution < 1.29 is 32.6 Å². The highest BCUT2D eigenvalue weighted by Gasteiger charge is 2.38. The molecule has 1 heterocycles. The lowest BCUT2D eigenvalue weighted by Gasteiger charge is -2.36. The SMILES string of the molecule is COc1cccc(C=CC(=O)Nc2ccc3c(c2)CCN(C2CCC2)CC3)c1.O=C(O)C(F)(F)F. The summed E-state index contributed by atoms with van der Waals surface area (Å²) in [7, 11) is 1.64. The summed E-state index contributed by atoms with van der Waals surface area (Å²) in [5.74, 6) is -2.09. The van der Waals surface area contributed by atoms with E-state index in [1.807, 2.05) is 30.3 Å². The number of nitrogens with one attached hydrogen (secondary N) is 1. The van der Waals surface area contributed by atoms with Crippen LogP contribution in [-0.2, 0) is 22.4 Å². The van der Waals surface area contributed by atoms with Crippen LogP contribution in [0.25, 0.3) is 6.08 Å². The van der Waals surface area contributed by atoms with Gasteiger partial charge in [-0.15, -0.1) is 0 Å². The second-order valence-electron chi connectivity index (χ2n) is 8.51. The third-order valence-electron chi connectivity index (χ3n) is 6.17. The highest BCUT2D eigenvalue weighted by molar-refractivity contribution is 6.02. The van der Waals surface area contributed by atoms with Crippen LogP contribution < -0.4 is 10.1 Å². The maximum atomic E-state index is 12.3. The van der Waals surface area contributed by atoms with Gasteiger partial charge in [-0.05, 0) is 72.7 Å². The monoisotopic (exact) mass is 490 g/mol. The number of ether oxygens (including phenoxy) is 1. The van der Waals surface area contributed by atoms with Crippen molar-refractivity contribution in [2.24, 2.45) is 0 Å². The Morgan fingerprint density at radius 1 is 1.09 bits per heavy atom. The average molecular weight is 491 g/mol. The van der Waals surface area contributed by atoms with E-state index in [2.05, 4.69) is 22.3 Å². The molecule has 0 spiro atoms. The Balaban J connectivity index is 0.000000429. The molecule has 0 atom stereocenters. The summed E-state index contributed by atoms with van der Waals surface area (Å²) in [4.78, 5) is 23.9. The topological polar surface area (TPSA) is 78.9 Å². The second kappa shape index (κ2) is 11.9. The van der Waals surface area contributed by atoms with Crippen molar-refractivity contribution in [2.75, 3.05) is 25.5 Å². The number of hydrogen-bond donors (Lipinski definition) is 2. The van der Waals surface area contributed by atoms with E-state index in [0.717, 1.165) is 49.0 Å². The molecule has 2 aliphatic rings. The van der Waals surface area contributed by atoms with Crippen LogP contribution in [0.2, 0.25) is 0 Å². The van der Waals surface area contributed by atoms with Crippen molar-refractivity contribution in [1.82, 2.24) is 4.90 Å². The Labute approximate surface area is 202 Å². The van der Waals surface area contributed by atoms with Crippen LogP contribution in [0.3, 0.4) is 0 Å². The van der Waals surface area contributed by atoms with E-state index >= 15 is 0 Å². The molecule has 188 valence electrons. The maximum absolute atomic E-state index is 12.3. The number of hydrogen-bond acceptors (Lipinski definition) is 4. The lowest BCUT2D eigenvalue weighted by Crippen LogP contribution is -2.41. The van der Waals surface area contributed by atoms with Gasteiger partial charge >= 0.3 is 12.1 Å². The van der Waals surface area contributed by atoms with E-state index in [1.54, 1.807) is 19.3 Å². The number of halogens is 3. The van der Waals surface area contributed by atoms with Crippen LogP contribution in [0.15, 0.2) is 48.5 Å². The second-order valence-corrected chi connectivity index (χ2v) is 8.51. The molecular formula is C26H29F3N2O4. The molecule has 0 aromatic heterocycles. The Morgan fingerprint density at radius 2 is 1.77 bits per heavy atom. The predicted octanol–water partition coefficient (Wildman–Crippen LogP) is 4.93. The molecule has 1 saturated carbocycles. The van der Waals surface area contributed by atoms with Gasteiger partial charge in [0.15, 0.2) is 0 Å². The molecule has 2 aromatic carbocycles. The molecule has 35 heavy (non-hydrogen) atoms. The fourth-order valence-corrected chi connectivity index (χ4v) is 4.04. The number of carbonyl (C=O) groups is 2. The van der Waals surface area contributed by atoms with E-state index in [0.29, 0.717) is 0 Å². The van der Waals surface area contributed by atoms with Gasteiger partial charge < -0.3 is 15.2 Å². The van der Waals surface area contributed by atoms with Crippen molar-refractivity contribution in [1.29, 1.82) is 0 Å². The quantitative estimate of drug-likeness (QED) is 0.581. The number of carboxylic acids is 1. The Hall–Kier alpha value is -3.33. The third-order valence-corrected chi connectivity index (χ3v) is 6.17. The number of alkyl halides is 3. The number of aliphatic carboxylic acids is 1. The number of fused-ring (bicyclic) bond motifs is 1. The molecule has 0 radical (unpaired) electrons. The summed E-state index contributed by atoms with van der Waals surface area (Å²) in [5, 5.41) is 10.1. The number of carbonyl (C=O) groups excluding carboxylic acids is 1. The minimum absolute atomic E-state index is 0.118. The molecule has 2 N–H and O–H groups in total. The fraction of sp³-hybridized carbons (Fsp3) is 0.385. The first-order valence-corrected chi connectivity index (χ1v) is 11.4. The van der Waals surface area contributed by atoms with Crippen molar-refractivity contribution in [3.05, 3.63) is 65.2 Å². The molecule has 0 unspecified atom stereocenters. The van der Waals surface area contributed by atoms with Gasteiger partial charge in [0, 0.05) is 30.9 Å². The molecule has 4 rings (SSSR count). The Morgan fingerprint density at radius 3 is 2.37 bits per heavy atom. The van der Waals surface area contributed by atoms with E-state index in [1.165, 1.54) is 30.4 Å². The van der Waals surface area contributed by atoms with Crippen LogP contribution in [0.1, 0.15) is 36.0 Å². The lowest BCUT2D eigenvalue weighted by molar-refractivity contribution is -0.192. The number of amides is 1. The number of carboxylic acid groups (broad SMARTS) is 1. The molecule has 0 bridgehead atoms. The van der Waals surface area contributed by atoms with Crippen LogP contribution in [0.4, 0.5) is 18.9 Å². The van der Waals surface area contributed by atoms with Crippen molar-refractivity contribution in [2.45, 2.75) is 44.3 Å². The summed E-state index contributed by atoms with van der Waals surface area (Å²) in [5.41, 5.74) is 4.60. The van der Waals surface area contributed by atoms with Crippen molar-refractivity contribution in [3.8, 4) is 5.75 Å². The molecule has 6 nitrogen and oxygen atoms in total. The van der Waals surface area contributed by atoms with Gasteiger partial charge in [0.05, 0.1) is 7.11 Å². The largest absolute Gasteiger partial charge is 0.497 e. The maximum Gasteiger partial charge on any atom is 0.490 e.